The van der Waals surface area contributed by atoms with Gasteiger partial charge in [0.25, 0.3) is 0 Å². The maximum atomic E-state index is 15.5. The number of Topliss-reactive ketones (excluding diaryl/α,β-unsaturated/α-hetero) is 3. The van der Waals surface area contributed by atoms with Crippen molar-refractivity contribution in [1.82, 2.24) is 0 Å². The molecule has 0 spiro atoms. The zero-order valence-electron chi connectivity index (χ0n) is 33.7. The first-order chi connectivity index (χ1) is 25.6. The van der Waals surface area contributed by atoms with E-state index >= 15 is 9.59 Å². The topological polar surface area (TPSA) is 191 Å². The second kappa shape index (κ2) is 17.0. The van der Waals surface area contributed by atoms with Gasteiger partial charge in [-0.05, 0) is 116 Å². The fourth-order valence-electron chi connectivity index (χ4n) is 9.02. The molecule has 1 aromatic rings. The Kier molecular flexibility index (Phi) is 13.6. The molecule has 2 unspecified atom stereocenters. The zero-order valence-corrected chi connectivity index (χ0v) is 33.7. The predicted octanol–water partition coefficient (Wildman–Crippen LogP) is 5.55. The average molecular weight is 767 g/mol. The first-order valence-electron chi connectivity index (χ1n) is 19.3. The van der Waals surface area contributed by atoms with E-state index in [1.54, 1.807) is 0 Å². The molecule has 1 aliphatic heterocycles. The molecule has 4 rings (SSSR count). The normalized spacial score (nSPS) is 33.3. The lowest BCUT2D eigenvalue weighted by Crippen LogP contribution is -2.73. The van der Waals surface area contributed by atoms with Crippen molar-refractivity contribution in [2.75, 3.05) is 6.61 Å². The van der Waals surface area contributed by atoms with Crippen molar-refractivity contribution < 1.29 is 54.5 Å². The van der Waals surface area contributed by atoms with Crippen LogP contribution in [0.1, 0.15) is 104 Å². The van der Waals surface area contributed by atoms with Gasteiger partial charge in [-0.1, -0.05) is 54.9 Å². The summed E-state index contributed by atoms with van der Waals surface area (Å²) in [6.45, 7) is 23.1. The Hall–Kier alpha value is -3.45. The maximum absolute atomic E-state index is 15.5. The molecular weight excluding hydrogens is 704 g/mol. The van der Waals surface area contributed by atoms with E-state index in [-0.39, 0.29) is 48.2 Å². The molecule has 0 aromatic heterocycles. The minimum atomic E-state index is -1.75. The number of aliphatic hydroxyl groups is 5. The van der Waals surface area contributed by atoms with Gasteiger partial charge in [0.1, 0.15) is 30.3 Å². The number of phenolic OH excluding ortho intramolecular Hbond substituents is 1. The third-order valence-corrected chi connectivity index (χ3v) is 12.6. The van der Waals surface area contributed by atoms with Crippen molar-refractivity contribution in [3.05, 3.63) is 71.4 Å². The first-order valence-corrected chi connectivity index (χ1v) is 19.3. The van der Waals surface area contributed by atoms with Gasteiger partial charge in [-0.25, -0.2) is 0 Å². The number of rotatable bonds is 15. The van der Waals surface area contributed by atoms with Crippen LogP contribution in [0.25, 0.3) is 0 Å². The second-order valence-corrected chi connectivity index (χ2v) is 17.4. The van der Waals surface area contributed by atoms with Crippen molar-refractivity contribution in [2.24, 2.45) is 34.0 Å². The number of phenols is 1. The van der Waals surface area contributed by atoms with Crippen LogP contribution in [0.5, 0.6) is 11.5 Å². The van der Waals surface area contributed by atoms with Gasteiger partial charge in [0.2, 0.25) is 6.29 Å². The van der Waals surface area contributed by atoms with Gasteiger partial charge in [-0.3, -0.25) is 14.4 Å². The maximum Gasteiger partial charge on any atom is 0.229 e. The average Bonchev–Trinajstić information content (AvgIpc) is 3.10. The van der Waals surface area contributed by atoms with Gasteiger partial charge in [-0.2, -0.15) is 0 Å². The number of allylic oxidation sites excluding steroid dienone is 6. The molecule has 2 saturated carbocycles. The quantitative estimate of drug-likeness (QED) is 0.0745. The predicted molar refractivity (Wildman–Crippen MR) is 208 cm³/mol. The molecule has 0 amide bonds. The zero-order chi connectivity index (χ0) is 41.4. The number of fused-ring (bicyclic) bond motifs is 2. The number of carbonyl (C=O) groups excluding carboxylic acids is 3. The van der Waals surface area contributed by atoms with E-state index in [4.69, 9.17) is 9.47 Å². The summed E-state index contributed by atoms with van der Waals surface area (Å²) in [5, 5.41) is 64.0. The van der Waals surface area contributed by atoms with Crippen LogP contribution < -0.4 is 4.74 Å². The summed E-state index contributed by atoms with van der Waals surface area (Å²) in [6, 6.07) is 3.60. The number of aliphatic hydroxyl groups excluding tert-OH is 5. The van der Waals surface area contributed by atoms with Crippen molar-refractivity contribution in [3.63, 3.8) is 0 Å². The van der Waals surface area contributed by atoms with Crippen molar-refractivity contribution in [3.8, 4) is 11.5 Å². The van der Waals surface area contributed by atoms with Crippen LogP contribution in [0.2, 0.25) is 0 Å². The first kappa shape index (κ1) is 44.3. The molecule has 1 saturated heterocycles. The Morgan fingerprint density at radius 2 is 1.62 bits per heavy atom. The molecule has 11 nitrogen and oxygen atoms in total. The molecule has 0 radical (unpaired) electrons. The summed E-state index contributed by atoms with van der Waals surface area (Å²) >= 11 is 0. The number of benzene rings is 1. The Morgan fingerprint density at radius 3 is 2.16 bits per heavy atom. The molecule has 304 valence electrons. The Bertz CT molecular complexity index is 1710. The summed E-state index contributed by atoms with van der Waals surface area (Å²) in [7, 11) is 0. The van der Waals surface area contributed by atoms with Crippen LogP contribution in [0, 0.1) is 34.0 Å². The molecular formula is C44H62O11. The highest BCUT2D eigenvalue weighted by Gasteiger charge is 2.75. The van der Waals surface area contributed by atoms with E-state index in [0.29, 0.717) is 19.3 Å². The van der Waals surface area contributed by atoms with Gasteiger partial charge in [0, 0.05) is 5.56 Å². The summed E-state index contributed by atoms with van der Waals surface area (Å²) in [5.74, 6) is -4.65. The standard InChI is InChI=1S/C44H62O11/c1-23(2)11-13-28(26(7)8)20-43-21-29(15-12-24(3)4)42(9,10)44(41(43)53,18-17-25(5)6)39(52)33(38(43)51)34(47)27-14-16-31(30(46)19-27)54-40-37(50)36(49)35(48)32(22-45)55-40/h12,14,16-17,19,28-29,32-33,35-38,40,45-46,48-51H,1,7,11,13,15,18,20-22H2,2-6,8-10H3/t28-,29+,32-,33?,35-,36+,37-,38?,40-,43+,44-/m1/s1. The number of aromatic hydroxyl groups is 1. The Labute approximate surface area is 325 Å². The summed E-state index contributed by atoms with van der Waals surface area (Å²) < 4.78 is 11.0. The minimum Gasteiger partial charge on any atom is -0.504 e. The smallest absolute Gasteiger partial charge is 0.229 e. The van der Waals surface area contributed by atoms with Crippen molar-refractivity contribution >= 4 is 17.3 Å². The second-order valence-electron chi connectivity index (χ2n) is 17.4. The third kappa shape index (κ3) is 8.20. The third-order valence-electron chi connectivity index (χ3n) is 12.6. The molecule has 3 aliphatic rings. The summed E-state index contributed by atoms with van der Waals surface area (Å²) in [6.07, 6.45) is -3.25. The lowest BCUT2D eigenvalue weighted by molar-refractivity contribution is -0.277. The molecule has 2 bridgehead atoms. The number of hydrogen-bond acceptors (Lipinski definition) is 11. The van der Waals surface area contributed by atoms with Gasteiger partial charge < -0.3 is 40.1 Å². The van der Waals surface area contributed by atoms with Gasteiger partial charge in [0.05, 0.1) is 23.5 Å². The molecule has 1 heterocycles. The number of hydrogen-bond donors (Lipinski definition) is 6. The molecule has 11 atom stereocenters. The van der Waals surface area contributed by atoms with E-state index in [2.05, 4.69) is 19.2 Å². The molecule has 1 aromatic carbocycles. The van der Waals surface area contributed by atoms with Crippen molar-refractivity contribution in [1.29, 1.82) is 0 Å². The minimum absolute atomic E-state index is 0.0597. The summed E-state index contributed by atoms with van der Waals surface area (Å²) in [4.78, 5) is 45.5. The lowest BCUT2D eigenvalue weighted by atomic mass is 9.37. The molecule has 2 aliphatic carbocycles. The Balaban J connectivity index is 1.86. The number of ketones is 3. The SMILES string of the molecule is C=C(C)CC[C@H](C[C@]12C[C@H](CC=C(C)C)C(C)(C)[C@](CC=C(C)C)(C(=O)C(C(=O)c3ccc(O[C@@H]4O[C@H](CO)[C@@H](O)[C@H](O)[C@H]4O)c(O)c3)C1O)C2=O)C(=C)C. The Morgan fingerprint density at radius 1 is 0.982 bits per heavy atom. The molecule has 55 heavy (non-hydrogen) atoms. The fraction of sp³-hybridized carbons (Fsp3) is 0.614. The number of carbonyl (C=O) groups is 3. The van der Waals surface area contributed by atoms with Gasteiger partial charge in [0.15, 0.2) is 28.8 Å². The lowest BCUT2D eigenvalue weighted by Gasteiger charge is -2.64. The highest BCUT2D eigenvalue weighted by molar-refractivity contribution is 6.23. The van der Waals surface area contributed by atoms with Crippen LogP contribution in [0.3, 0.4) is 0 Å². The molecule has 3 fully saturated rings. The van der Waals surface area contributed by atoms with Gasteiger partial charge in [-0.15, -0.1) is 6.58 Å². The van der Waals surface area contributed by atoms with Crippen LogP contribution in [0.4, 0.5) is 0 Å². The van der Waals surface area contributed by atoms with E-state index in [1.807, 2.05) is 61.5 Å². The summed E-state index contributed by atoms with van der Waals surface area (Å²) in [5.41, 5.74) is -0.405. The van der Waals surface area contributed by atoms with Gasteiger partial charge >= 0.3 is 0 Å². The molecule has 11 heteroatoms. The highest BCUT2D eigenvalue weighted by Crippen LogP contribution is 2.67. The van der Waals surface area contributed by atoms with Crippen LogP contribution in [-0.2, 0) is 14.3 Å². The number of ether oxygens (including phenoxy) is 2. The van der Waals surface area contributed by atoms with E-state index in [1.165, 1.54) is 12.1 Å². The van der Waals surface area contributed by atoms with Crippen LogP contribution in [0.15, 0.2) is 65.8 Å². The monoisotopic (exact) mass is 766 g/mol. The van der Waals surface area contributed by atoms with Crippen molar-refractivity contribution in [2.45, 2.75) is 131 Å². The van der Waals surface area contributed by atoms with E-state index in [0.717, 1.165) is 28.4 Å². The van der Waals surface area contributed by atoms with Crippen LogP contribution >= 0.6 is 0 Å². The van der Waals surface area contributed by atoms with E-state index in [9.17, 15) is 35.4 Å². The largest absolute Gasteiger partial charge is 0.504 e. The molecule has 6 N–H and O–H groups in total. The van der Waals surface area contributed by atoms with Crippen LogP contribution in [-0.4, -0.2) is 91.4 Å². The highest BCUT2D eigenvalue weighted by atomic mass is 16.7. The fourth-order valence-corrected chi connectivity index (χ4v) is 9.02. The van der Waals surface area contributed by atoms with E-state index < -0.39 is 82.9 Å².